The Morgan fingerprint density at radius 1 is 1.22 bits per heavy atom. The van der Waals surface area contributed by atoms with E-state index in [0.717, 1.165) is 23.3 Å². The summed E-state index contributed by atoms with van der Waals surface area (Å²) in [6.45, 7) is 4.12. The van der Waals surface area contributed by atoms with Crippen LogP contribution in [-0.4, -0.2) is 41.2 Å². The van der Waals surface area contributed by atoms with Crippen molar-refractivity contribution in [1.29, 1.82) is 0 Å². The molecule has 0 bridgehead atoms. The number of ether oxygens (including phenoxy) is 3. The maximum atomic E-state index is 12.3. The van der Waals surface area contributed by atoms with Crippen molar-refractivity contribution in [3.8, 4) is 0 Å². The number of nitrogens with zero attached hydrogens (tertiary/aromatic N) is 2. The second kappa shape index (κ2) is 9.44. The van der Waals surface area contributed by atoms with Gasteiger partial charge in [-0.2, -0.15) is 5.10 Å². The number of methoxy groups -OCH3 is 1. The molecule has 9 heteroatoms. The fourth-order valence-electron chi connectivity index (χ4n) is 3.89. The number of rotatable bonds is 8. The molecule has 3 atom stereocenters. The van der Waals surface area contributed by atoms with E-state index in [9.17, 15) is 9.59 Å². The molecule has 2 amide bonds. The van der Waals surface area contributed by atoms with Gasteiger partial charge in [-0.15, -0.1) is 0 Å². The summed E-state index contributed by atoms with van der Waals surface area (Å²) in [5.74, 6) is 1.05. The normalized spacial score (nSPS) is 21.0. The number of hydrogen-bond acceptors (Lipinski definition) is 6. The number of allylic oxidation sites excluding steroid dienone is 1. The van der Waals surface area contributed by atoms with Gasteiger partial charge in [-0.1, -0.05) is 30.3 Å². The standard InChI is InChI=1S/C23H28N4O5/c1-14(2)24-23(29)32-20-10-17(16-9-18(16)20)19-11-21(27(26-19)13-30-3)25-22(28)31-12-15-7-5-4-6-8-15/h4-8,10-11,14,16,18,20H,9,12-13H2,1-3H3,(H,24,29)(H,25,28)/t16-,18-,20+/m1/s1. The Kier molecular flexibility index (Phi) is 6.45. The minimum absolute atomic E-state index is 0.0161. The lowest BCUT2D eigenvalue weighted by Crippen LogP contribution is -2.33. The van der Waals surface area contributed by atoms with Crippen LogP contribution in [0.1, 0.15) is 31.5 Å². The van der Waals surface area contributed by atoms with Crippen molar-refractivity contribution in [2.45, 2.75) is 45.8 Å². The second-order valence-electron chi connectivity index (χ2n) is 8.32. The molecule has 1 aromatic carbocycles. The summed E-state index contributed by atoms with van der Waals surface area (Å²) in [5, 5.41) is 10.1. The van der Waals surface area contributed by atoms with Gasteiger partial charge in [-0.25, -0.2) is 14.3 Å². The summed E-state index contributed by atoms with van der Waals surface area (Å²) in [5.41, 5.74) is 2.65. The molecule has 4 rings (SSSR count). The molecule has 0 spiro atoms. The fourth-order valence-corrected chi connectivity index (χ4v) is 3.89. The zero-order chi connectivity index (χ0) is 22.7. The number of aromatic nitrogens is 2. The van der Waals surface area contributed by atoms with E-state index in [1.54, 1.807) is 17.9 Å². The molecule has 1 fully saturated rings. The van der Waals surface area contributed by atoms with Crippen molar-refractivity contribution >= 4 is 23.6 Å². The predicted molar refractivity (Wildman–Crippen MR) is 118 cm³/mol. The van der Waals surface area contributed by atoms with Crippen LogP contribution in [-0.2, 0) is 27.5 Å². The van der Waals surface area contributed by atoms with E-state index in [4.69, 9.17) is 14.2 Å². The molecular formula is C23H28N4O5. The lowest BCUT2D eigenvalue weighted by molar-refractivity contribution is 0.109. The minimum atomic E-state index is -0.575. The Hall–Kier alpha value is -3.33. The molecule has 9 nitrogen and oxygen atoms in total. The van der Waals surface area contributed by atoms with E-state index < -0.39 is 12.2 Å². The molecule has 0 radical (unpaired) electrons. The third kappa shape index (κ3) is 5.11. The van der Waals surface area contributed by atoms with Crippen molar-refractivity contribution in [2.24, 2.45) is 11.8 Å². The summed E-state index contributed by atoms with van der Waals surface area (Å²) in [6.07, 6.45) is 1.64. The van der Waals surface area contributed by atoms with Crippen LogP contribution in [0.3, 0.4) is 0 Å². The van der Waals surface area contributed by atoms with Crippen LogP contribution >= 0.6 is 0 Å². The number of alkyl carbamates (subject to hydrolysis) is 1. The average molecular weight is 441 g/mol. The topological polar surface area (TPSA) is 104 Å². The maximum Gasteiger partial charge on any atom is 0.413 e. The number of benzene rings is 1. The molecule has 2 aromatic rings. The number of fused-ring (bicyclic) bond motifs is 1. The van der Waals surface area contributed by atoms with Gasteiger partial charge in [0.25, 0.3) is 0 Å². The highest BCUT2D eigenvalue weighted by molar-refractivity contribution is 5.84. The molecule has 1 saturated carbocycles. The highest BCUT2D eigenvalue weighted by Crippen LogP contribution is 2.56. The first-order valence-electron chi connectivity index (χ1n) is 10.7. The summed E-state index contributed by atoms with van der Waals surface area (Å²) >= 11 is 0. The quantitative estimate of drug-likeness (QED) is 0.648. The molecule has 32 heavy (non-hydrogen) atoms. The van der Waals surface area contributed by atoms with E-state index in [1.807, 2.05) is 50.3 Å². The fraction of sp³-hybridized carbons (Fsp3) is 0.435. The Balaban J connectivity index is 1.43. The zero-order valence-corrected chi connectivity index (χ0v) is 18.4. The van der Waals surface area contributed by atoms with Crippen molar-refractivity contribution in [1.82, 2.24) is 15.1 Å². The van der Waals surface area contributed by atoms with E-state index >= 15 is 0 Å². The third-order valence-electron chi connectivity index (χ3n) is 5.42. The summed E-state index contributed by atoms with van der Waals surface area (Å²) in [6, 6.07) is 11.3. The van der Waals surface area contributed by atoms with Crippen molar-refractivity contribution in [3.63, 3.8) is 0 Å². The Morgan fingerprint density at radius 2 is 2.00 bits per heavy atom. The van der Waals surface area contributed by atoms with Crippen LogP contribution in [0.15, 0.2) is 42.5 Å². The van der Waals surface area contributed by atoms with Crippen molar-refractivity contribution in [3.05, 3.63) is 53.7 Å². The average Bonchev–Trinajstić information content (AvgIpc) is 3.34. The lowest BCUT2D eigenvalue weighted by Gasteiger charge is -2.14. The molecule has 2 aliphatic carbocycles. The van der Waals surface area contributed by atoms with Crippen molar-refractivity contribution in [2.75, 3.05) is 12.4 Å². The number of carbonyl (C=O) groups excluding carboxylic acids is 2. The van der Waals surface area contributed by atoms with Gasteiger partial charge >= 0.3 is 12.2 Å². The van der Waals surface area contributed by atoms with Gasteiger partial charge in [-0.3, -0.25) is 5.32 Å². The molecule has 1 aromatic heterocycles. The van der Waals surface area contributed by atoms with Crippen LogP contribution in [0.5, 0.6) is 0 Å². The monoisotopic (exact) mass is 440 g/mol. The van der Waals surface area contributed by atoms with Gasteiger partial charge in [0.05, 0.1) is 5.69 Å². The van der Waals surface area contributed by atoms with Crippen molar-refractivity contribution < 1.29 is 23.8 Å². The molecular weight excluding hydrogens is 412 g/mol. The maximum absolute atomic E-state index is 12.3. The molecule has 0 unspecified atom stereocenters. The van der Waals surface area contributed by atoms with Gasteiger partial charge in [0.1, 0.15) is 25.3 Å². The first kappa shape index (κ1) is 21.9. The molecule has 2 N–H and O–H groups in total. The first-order valence-corrected chi connectivity index (χ1v) is 10.7. The number of amides is 2. The van der Waals surface area contributed by atoms with Crippen LogP contribution in [0.4, 0.5) is 15.4 Å². The van der Waals surface area contributed by atoms with E-state index in [2.05, 4.69) is 15.7 Å². The minimum Gasteiger partial charge on any atom is -0.444 e. The second-order valence-corrected chi connectivity index (χ2v) is 8.32. The van der Waals surface area contributed by atoms with E-state index in [1.165, 1.54) is 0 Å². The molecule has 0 saturated heterocycles. The SMILES string of the molecule is COCn1nc(C2=C[C@H](OC(=O)NC(C)C)[C@@H]3C[C@H]23)cc1NC(=O)OCc1ccccc1. The van der Waals surface area contributed by atoms with Gasteiger partial charge < -0.3 is 19.5 Å². The summed E-state index contributed by atoms with van der Waals surface area (Å²) < 4.78 is 17.7. The highest BCUT2D eigenvalue weighted by Gasteiger charge is 2.52. The molecule has 170 valence electrons. The molecule has 1 heterocycles. The van der Waals surface area contributed by atoms with E-state index in [0.29, 0.717) is 11.7 Å². The Labute approximate surface area is 186 Å². The van der Waals surface area contributed by atoms with E-state index in [-0.39, 0.29) is 31.4 Å². The van der Waals surface area contributed by atoms with Crippen LogP contribution in [0, 0.1) is 11.8 Å². The Bertz CT molecular complexity index is 1000. The summed E-state index contributed by atoms with van der Waals surface area (Å²) in [7, 11) is 1.56. The third-order valence-corrected chi connectivity index (χ3v) is 5.42. The summed E-state index contributed by atoms with van der Waals surface area (Å²) in [4.78, 5) is 24.3. The van der Waals surface area contributed by atoms with Crippen LogP contribution in [0.2, 0.25) is 0 Å². The number of nitrogens with one attached hydrogen (secondary N) is 2. The van der Waals surface area contributed by atoms with Crippen LogP contribution in [0.25, 0.3) is 5.57 Å². The molecule has 0 aliphatic heterocycles. The zero-order valence-electron chi connectivity index (χ0n) is 18.4. The number of carbonyl (C=O) groups is 2. The predicted octanol–water partition coefficient (Wildman–Crippen LogP) is 3.77. The molecule has 2 aliphatic rings. The Morgan fingerprint density at radius 3 is 2.72 bits per heavy atom. The van der Waals surface area contributed by atoms with Gasteiger partial charge in [0.2, 0.25) is 0 Å². The largest absolute Gasteiger partial charge is 0.444 e. The lowest BCUT2D eigenvalue weighted by atomic mass is 10.1. The van der Waals surface area contributed by atoms with Crippen LogP contribution < -0.4 is 10.6 Å². The highest BCUT2D eigenvalue weighted by atomic mass is 16.6. The van der Waals surface area contributed by atoms with Gasteiger partial charge in [0.15, 0.2) is 0 Å². The van der Waals surface area contributed by atoms with Gasteiger partial charge in [0, 0.05) is 25.1 Å². The van der Waals surface area contributed by atoms with Gasteiger partial charge in [-0.05, 0) is 43.4 Å². The number of hydrogen-bond donors (Lipinski definition) is 2. The smallest absolute Gasteiger partial charge is 0.413 e. The number of anilines is 1. The first-order chi connectivity index (χ1) is 15.4.